The second-order valence-corrected chi connectivity index (χ2v) is 7.31. The minimum Gasteiger partial charge on any atom is -0.494 e. The number of carboxylic acid groups (broad SMARTS) is 1. The van der Waals surface area contributed by atoms with E-state index in [-0.39, 0.29) is 12.2 Å². The van der Waals surface area contributed by atoms with Crippen LogP contribution in [0.2, 0.25) is 0 Å². The largest absolute Gasteiger partial charge is 0.494 e. The molecule has 1 aromatic heterocycles. The molecule has 0 unspecified atom stereocenters. The molecule has 2 aromatic carbocycles. The summed E-state index contributed by atoms with van der Waals surface area (Å²) < 4.78 is 11.8. The number of hydrogen-bond acceptors (Lipinski definition) is 4. The van der Waals surface area contributed by atoms with Gasteiger partial charge in [0, 0.05) is 22.8 Å². The van der Waals surface area contributed by atoms with E-state index in [4.69, 9.17) is 14.3 Å². The van der Waals surface area contributed by atoms with Gasteiger partial charge >= 0.3 is 5.97 Å². The van der Waals surface area contributed by atoms with Crippen LogP contribution in [0.5, 0.6) is 5.75 Å². The van der Waals surface area contributed by atoms with Gasteiger partial charge in [-0.15, -0.1) is 0 Å². The Labute approximate surface area is 156 Å². The molecule has 4 rings (SSSR count). The van der Waals surface area contributed by atoms with E-state index in [1.165, 1.54) is 0 Å². The topological polar surface area (TPSA) is 76.7 Å². The fraction of sp³-hybridized carbons (Fsp3) is 0.273. The highest BCUT2D eigenvalue weighted by molar-refractivity contribution is 6.19. The summed E-state index contributed by atoms with van der Waals surface area (Å²) in [6, 6.07) is 13.0. The third-order valence-corrected chi connectivity index (χ3v) is 5.10. The highest BCUT2D eigenvalue weighted by atomic mass is 16.5. The lowest BCUT2D eigenvalue weighted by atomic mass is 9.72. The predicted octanol–water partition coefficient (Wildman–Crippen LogP) is 4.55. The fourth-order valence-corrected chi connectivity index (χ4v) is 3.71. The zero-order valence-electron chi connectivity index (χ0n) is 15.2. The van der Waals surface area contributed by atoms with Crippen LogP contribution in [0.15, 0.2) is 46.9 Å². The molecule has 138 valence electrons. The summed E-state index contributed by atoms with van der Waals surface area (Å²) in [6.45, 7) is 4.39. The molecule has 1 heterocycles. The van der Waals surface area contributed by atoms with Gasteiger partial charge in [0.05, 0.1) is 12.2 Å². The number of aliphatic carboxylic acids is 1. The van der Waals surface area contributed by atoms with Crippen LogP contribution in [-0.2, 0) is 10.2 Å². The zero-order valence-corrected chi connectivity index (χ0v) is 15.2. The summed E-state index contributed by atoms with van der Waals surface area (Å²) in [5.74, 6) is 0.415. The van der Waals surface area contributed by atoms with Gasteiger partial charge in [-0.25, -0.2) is 0 Å². The second kappa shape index (κ2) is 6.27. The quantitative estimate of drug-likeness (QED) is 0.672. The fourth-order valence-electron chi connectivity index (χ4n) is 3.71. The van der Waals surface area contributed by atoms with Crippen LogP contribution in [0.1, 0.15) is 53.9 Å². The molecule has 0 radical (unpaired) electrons. The van der Waals surface area contributed by atoms with Gasteiger partial charge in [0.1, 0.15) is 17.1 Å². The summed E-state index contributed by atoms with van der Waals surface area (Å²) in [5, 5.41) is 9.55. The first-order chi connectivity index (χ1) is 12.9. The molecule has 0 amide bonds. The highest BCUT2D eigenvalue weighted by Crippen LogP contribution is 2.46. The second-order valence-electron chi connectivity index (χ2n) is 7.31. The Kier molecular flexibility index (Phi) is 4.02. The zero-order chi connectivity index (χ0) is 19.2. The average molecular weight is 364 g/mol. The number of benzene rings is 2. The maximum atomic E-state index is 13.2. The number of hydrogen-bond donors (Lipinski definition) is 1. The van der Waals surface area contributed by atoms with Crippen molar-refractivity contribution >= 4 is 22.7 Å². The van der Waals surface area contributed by atoms with Gasteiger partial charge < -0.3 is 14.3 Å². The first-order valence-corrected chi connectivity index (χ1v) is 8.95. The summed E-state index contributed by atoms with van der Waals surface area (Å²) in [7, 11) is 0. The van der Waals surface area contributed by atoms with Crippen LogP contribution in [0.3, 0.4) is 0 Å². The number of furan rings is 1. The number of carbonyl (C=O) groups is 2. The van der Waals surface area contributed by atoms with E-state index >= 15 is 0 Å². The lowest BCUT2D eigenvalue weighted by Crippen LogP contribution is -2.29. The standard InChI is InChI=1S/C22H20O5/c1-22(2)16-12-13(26-11-5-8-18(23)24)9-10-14(16)20(25)19-15-6-3-4-7-17(15)27-21(19)22/h3-4,6-7,9-10,12H,5,8,11H2,1-2H3,(H,23,24). The number of carbonyl (C=O) groups excluding carboxylic acids is 1. The van der Waals surface area contributed by atoms with Crippen molar-refractivity contribution in [2.75, 3.05) is 6.61 Å². The third kappa shape index (κ3) is 2.79. The number of para-hydroxylation sites is 1. The van der Waals surface area contributed by atoms with E-state index in [9.17, 15) is 9.59 Å². The Morgan fingerprint density at radius 2 is 1.96 bits per heavy atom. The van der Waals surface area contributed by atoms with E-state index in [1.54, 1.807) is 12.1 Å². The summed E-state index contributed by atoms with van der Waals surface area (Å²) >= 11 is 0. The molecule has 1 aliphatic carbocycles. The molecule has 5 heteroatoms. The van der Waals surface area contributed by atoms with Gasteiger partial charge in [0.15, 0.2) is 5.78 Å². The number of fused-ring (bicyclic) bond motifs is 4. The number of rotatable bonds is 5. The Hall–Kier alpha value is -3.08. The molecule has 27 heavy (non-hydrogen) atoms. The molecule has 1 aliphatic rings. The van der Waals surface area contributed by atoms with Crippen molar-refractivity contribution < 1.29 is 23.8 Å². The van der Waals surface area contributed by atoms with Crippen LogP contribution < -0.4 is 4.74 Å². The van der Waals surface area contributed by atoms with Gasteiger partial charge in [0.2, 0.25) is 0 Å². The van der Waals surface area contributed by atoms with Crippen LogP contribution in [0, 0.1) is 0 Å². The summed E-state index contributed by atoms with van der Waals surface area (Å²) in [5.41, 5.74) is 2.37. The van der Waals surface area contributed by atoms with Crippen molar-refractivity contribution in [3.8, 4) is 5.75 Å². The van der Waals surface area contributed by atoms with E-state index in [0.717, 1.165) is 10.9 Å². The van der Waals surface area contributed by atoms with Crippen molar-refractivity contribution in [1.29, 1.82) is 0 Å². The summed E-state index contributed by atoms with van der Waals surface area (Å²) in [4.78, 5) is 23.8. The van der Waals surface area contributed by atoms with Crippen molar-refractivity contribution in [1.82, 2.24) is 0 Å². The van der Waals surface area contributed by atoms with Crippen LogP contribution in [0.25, 0.3) is 11.0 Å². The lowest BCUT2D eigenvalue weighted by Gasteiger charge is -2.30. The monoisotopic (exact) mass is 364 g/mol. The molecule has 0 saturated carbocycles. The van der Waals surface area contributed by atoms with Gasteiger partial charge in [-0.05, 0) is 50.1 Å². The van der Waals surface area contributed by atoms with Gasteiger partial charge in [-0.2, -0.15) is 0 Å². The van der Waals surface area contributed by atoms with Crippen molar-refractivity contribution in [2.45, 2.75) is 32.1 Å². The third-order valence-electron chi connectivity index (χ3n) is 5.10. The Bertz CT molecular complexity index is 1060. The number of ether oxygens (including phenoxy) is 1. The molecule has 5 nitrogen and oxygen atoms in total. The summed E-state index contributed by atoms with van der Waals surface area (Å²) in [6.07, 6.45) is 0.500. The molecule has 0 spiro atoms. The Morgan fingerprint density at radius 1 is 1.19 bits per heavy atom. The number of ketones is 1. The van der Waals surface area contributed by atoms with Crippen LogP contribution in [-0.4, -0.2) is 23.5 Å². The minimum absolute atomic E-state index is 0.0401. The van der Waals surface area contributed by atoms with Gasteiger partial charge in [0.25, 0.3) is 0 Å². The first kappa shape index (κ1) is 17.3. The van der Waals surface area contributed by atoms with Crippen molar-refractivity contribution in [3.05, 3.63) is 64.9 Å². The van der Waals surface area contributed by atoms with Crippen LogP contribution in [0.4, 0.5) is 0 Å². The Morgan fingerprint density at radius 3 is 2.74 bits per heavy atom. The lowest BCUT2D eigenvalue weighted by molar-refractivity contribution is -0.137. The average Bonchev–Trinajstić information content (AvgIpc) is 3.04. The molecule has 0 atom stereocenters. The van der Waals surface area contributed by atoms with Crippen LogP contribution >= 0.6 is 0 Å². The smallest absolute Gasteiger partial charge is 0.303 e. The molecule has 3 aromatic rings. The van der Waals surface area contributed by atoms with Gasteiger partial charge in [-0.3, -0.25) is 9.59 Å². The molecule has 0 bridgehead atoms. The maximum Gasteiger partial charge on any atom is 0.303 e. The predicted molar refractivity (Wildman–Crippen MR) is 101 cm³/mol. The van der Waals surface area contributed by atoms with E-state index in [1.807, 2.05) is 44.2 Å². The molecule has 0 fully saturated rings. The van der Waals surface area contributed by atoms with E-state index in [0.29, 0.717) is 41.2 Å². The Balaban J connectivity index is 1.72. The minimum atomic E-state index is -0.840. The molecule has 0 aliphatic heterocycles. The molecular weight excluding hydrogens is 344 g/mol. The SMILES string of the molecule is CC1(C)c2cc(OCCCC(=O)O)ccc2C(=O)c2c1oc1ccccc21. The van der Waals surface area contributed by atoms with Crippen molar-refractivity contribution in [2.24, 2.45) is 0 Å². The van der Waals surface area contributed by atoms with Gasteiger partial charge in [-0.1, -0.05) is 18.2 Å². The first-order valence-electron chi connectivity index (χ1n) is 8.95. The molecule has 0 saturated heterocycles. The van der Waals surface area contributed by atoms with E-state index < -0.39 is 11.4 Å². The normalized spacial score (nSPS) is 14.7. The molecule has 1 N–H and O–H groups in total. The molecular formula is C22H20O5. The highest BCUT2D eigenvalue weighted by Gasteiger charge is 2.41. The van der Waals surface area contributed by atoms with E-state index in [2.05, 4.69) is 0 Å². The van der Waals surface area contributed by atoms with Crippen molar-refractivity contribution in [3.63, 3.8) is 0 Å². The number of carboxylic acids is 1. The maximum absolute atomic E-state index is 13.2.